The van der Waals surface area contributed by atoms with Crippen LogP contribution in [0.3, 0.4) is 0 Å². The summed E-state index contributed by atoms with van der Waals surface area (Å²) in [6.45, 7) is 4.41. The third-order valence-electron chi connectivity index (χ3n) is 6.93. The van der Waals surface area contributed by atoms with Crippen LogP contribution in [0.1, 0.15) is 25.5 Å². The Morgan fingerprint density at radius 3 is 2.61 bits per heavy atom. The van der Waals surface area contributed by atoms with E-state index >= 15 is 0 Å². The summed E-state index contributed by atoms with van der Waals surface area (Å²) >= 11 is 0. The van der Waals surface area contributed by atoms with E-state index in [1.165, 1.54) is 12.4 Å². The van der Waals surface area contributed by atoms with E-state index in [9.17, 15) is 9.18 Å². The lowest BCUT2D eigenvalue weighted by atomic mass is 10.0. The molecule has 0 atom stereocenters. The first-order valence-corrected chi connectivity index (χ1v) is 12.8. The summed E-state index contributed by atoms with van der Waals surface area (Å²) in [7, 11) is 1.58. The van der Waals surface area contributed by atoms with E-state index in [1.807, 2.05) is 47.4 Å². The van der Waals surface area contributed by atoms with E-state index < -0.39 is 0 Å². The fraction of sp³-hybridized carbons (Fsp3) is 0.310. The van der Waals surface area contributed by atoms with Gasteiger partial charge >= 0.3 is 0 Å². The predicted molar refractivity (Wildman–Crippen MR) is 145 cm³/mol. The zero-order valence-electron chi connectivity index (χ0n) is 21.7. The maximum Gasteiger partial charge on any atom is 0.244 e. The minimum absolute atomic E-state index is 0.00731. The van der Waals surface area contributed by atoms with Crippen LogP contribution in [0, 0.1) is 0 Å². The quantitative estimate of drug-likeness (QED) is 0.476. The number of methoxy groups -OCH3 is 1. The zero-order chi connectivity index (χ0) is 26.5. The first-order chi connectivity index (χ1) is 18.5. The van der Waals surface area contributed by atoms with Gasteiger partial charge in [0, 0.05) is 32.2 Å². The average Bonchev–Trinajstić information content (AvgIpc) is 3.37. The number of aromatic nitrogens is 4. The molecule has 1 aliphatic carbocycles. The van der Waals surface area contributed by atoms with Crippen molar-refractivity contribution < 1.29 is 13.9 Å². The fourth-order valence-corrected chi connectivity index (χ4v) is 4.71. The van der Waals surface area contributed by atoms with Crippen LogP contribution in [0.25, 0.3) is 16.8 Å². The van der Waals surface area contributed by atoms with Gasteiger partial charge in [-0.25, -0.2) is 14.4 Å². The Morgan fingerprint density at radius 1 is 1.05 bits per heavy atom. The number of anilines is 1. The molecule has 1 amide bonds. The number of benzene rings is 1. The zero-order valence-corrected chi connectivity index (χ0v) is 21.7. The van der Waals surface area contributed by atoms with Crippen molar-refractivity contribution in [2.24, 2.45) is 0 Å². The van der Waals surface area contributed by atoms with Crippen molar-refractivity contribution in [3.05, 3.63) is 84.1 Å². The van der Waals surface area contributed by atoms with Crippen molar-refractivity contribution in [1.82, 2.24) is 24.6 Å². The molecule has 1 aliphatic heterocycles. The highest BCUT2D eigenvalue weighted by Gasteiger charge is 2.24. The Morgan fingerprint density at radius 2 is 1.84 bits per heavy atom. The summed E-state index contributed by atoms with van der Waals surface area (Å²) in [5, 5.41) is 4.83. The maximum atomic E-state index is 14.3. The number of carbonyl (C=O) groups is 1. The summed E-state index contributed by atoms with van der Waals surface area (Å²) in [5.74, 6) is 1.07. The molecule has 1 fully saturated rings. The number of rotatable bonds is 6. The predicted octanol–water partition coefficient (Wildman–Crippen LogP) is 4.67. The highest BCUT2D eigenvalue weighted by Crippen LogP contribution is 2.29. The van der Waals surface area contributed by atoms with Crippen molar-refractivity contribution in [3.8, 4) is 17.1 Å². The van der Waals surface area contributed by atoms with Crippen LogP contribution in [-0.2, 0) is 11.3 Å². The monoisotopic (exact) mass is 514 g/mol. The molecule has 0 radical (unpaired) electrons. The number of halogens is 1. The van der Waals surface area contributed by atoms with Crippen LogP contribution in [0.2, 0.25) is 0 Å². The Bertz CT molecular complexity index is 1390. The summed E-state index contributed by atoms with van der Waals surface area (Å²) in [6.07, 6.45) is 8.17. The molecule has 38 heavy (non-hydrogen) atoms. The molecular weight excluding hydrogens is 483 g/mol. The van der Waals surface area contributed by atoms with Gasteiger partial charge in [-0.05, 0) is 48.6 Å². The van der Waals surface area contributed by atoms with Crippen LogP contribution in [0.5, 0.6) is 5.88 Å². The summed E-state index contributed by atoms with van der Waals surface area (Å²) in [6, 6.07) is 13.7. The van der Waals surface area contributed by atoms with E-state index in [2.05, 4.69) is 14.9 Å². The van der Waals surface area contributed by atoms with E-state index in [0.717, 1.165) is 41.2 Å². The molecule has 2 aromatic heterocycles. The maximum absolute atomic E-state index is 14.3. The van der Waals surface area contributed by atoms with Gasteiger partial charge in [-0.1, -0.05) is 42.5 Å². The first kappa shape index (κ1) is 25.4. The van der Waals surface area contributed by atoms with Crippen LogP contribution < -0.4 is 9.64 Å². The standard InChI is InChI=1S/C29H31FN6O2/c1-21-7-6-10-22(11-12-24(21)30)25-17-26(23-8-4-3-5-9-23)36(33-25)19-29(37)35-15-13-34(14-16-35)27-18-28(38-2)32-20-31-27/h3-5,7-9,11-12,17-18,20H,6,10,13-16,19H2,1-2H3. The molecule has 3 heterocycles. The summed E-state index contributed by atoms with van der Waals surface area (Å²) in [4.78, 5) is 25.8. The van der Waals surface area contributed by atoms with E-state index in [4.69, 9.17) is 9.84 Å². The van der Waals surface area contributed by atoms with Crippen molar-refractivity contribution in [1.29, 1.82) is 0 Å². The molecule has 2 aliphatic rings. The largest absolute Gasteiger partial charge is 0.481 e. The van der Waals surface area contributed by atoms with Gasteiger partial charge in [-0.2, -0.15) is 5.10 Å². The number of amides is 1. The minimum Gasteiger partial charge on any atom is -0.481 e. The molecule has 5 rings (SSSR count). The second-order valence-electron chi connectivity index (χ2n) is 9.36. The van der Waals surface area contributed by atoms with Gasteiger partial charge in [-0.3, -0.25) is 9.48 Å². The molecule has 0 bridgehead atoms. The Hall–Kier alpha value is -4.27. The topological polar surface area (TPSA) is 76.4 Å². The molecule has 0 unspecified atom stereocenters. The molecule has 1 saturated heterocycles. The molecular formula is C29H31FN6O2. The van der Waals surface area contributed by atoms with Crippen molar-refractivity contribution in [2.45, 2.75) is 26.3 Å². The van der Waals surface area contributed by atoms with Crippen LogP contribution >= 0.6 is 0 Å². The van der Waals surface area contributed by atoms with Crippen molar-refractivity contribution in [3.63, 3.8) is 0 Å². The lowest BCUT2D eigenvalue weighted by molar-refractivity contribution is -0.132. The van der Waals surface area contributed by atoms with Gasteiger partial charge in [0.2, 0.25) is 11.8 Å². The van der Waals surface area contributed by atoms with Gasteiger partial charge in [0.1, 0.15) is 24.5 Å². The Kier molecular flexibility index (Phi) is 7.62. The number of ether oxygens (including phenoxy) is 1. The lowest BCUT2D eigenvalue weighted by Crippen LogP contribution is -2.50. The van der Waals surface area contributed by atoms with Crippen molar-refractivity contribution >= 4 is 17.3 Å². The molecule has 0 spiro atoms. The van der Waals surface area contributed by atoms with Gasteiger partial charge in [0.05, 0.1) is 18.5 Å². The molecule has 0 N–H and O–H groups in total. The molecule has 0 saturated carbocycles. The van der Waals surface area contributed by atoms with E-state index in [0.29, 0.717) is 37.6 Å². The number of nitrogens with zero attached hydrogens (tertiary/aromatic N) is 6. The second-order valence-corrected chi connectivity index (χ2v) is 9.36. The molecule has 3 aromatic rings. The summed E-state index contributed by atoms with van der Waals surface area (Å²) in [5.41, 5.74) is 4.20. The smallest absolute Gasteiger partial charge is 0.244 e. The Labute approximate surface area is 221 Å². The van der Waals surface area contributed by atoms with Crippen LogP contribution in [-0.4, -0.2) is 63.8 Å². The minimum atomic E-state index is -0.236. The van der Waals surface area contributed by atoms with E-state index in [-0.39, 0.29) is 18.3 Å². The number of hydrogen-bond acceptors (Lipinski definition) is 6. The summed E-state index contributed by atoms with van der Waals surface area (Å²) < 4.78 is 21.2. The molecule has 8 nitrogen and oxygen atoms in total. The highest BCUT2D eigenvalue weighted by atomic mass is 19.1. The highest BCUT2D eigenvalue weighted by molar-refractivity contribution is 5.78. The van der Waals surface area contributed by atoms with Crippen LogP contribution in [0.15, 0.2) is 78.4 Å². The van der Waals surface area contributed by atoms with Crippen LogP contribution in [0.4, 0.5) is 10.2 Å². The van der Waals surface area contributed by atoms with Gasteiger partial charge < -0.3 is 14.5 Å². The number of allylic oxidation sites excluding steroid dienone is 6. The first-order valence-electron chi connectivity index (χ1n) is 12.8. The number of carbonyl (C=O) groups excluding carboxylic acids is 1. The number of piperazine rings is 1. The third-order valence-corrected chi connectivity index (χ3v) is 6.93. The SMILES string of the molecule is COc1cc(N2CCN(C(=O)Cn3nc(C4=CC=C(F)C(C)=CCC4)cc3-c3ccccc3)CC2)ncn1. The normalized spacial score (nSPS) is 16.2. The van der Waals surface area contributed by atoms with E-state index in [1.54, 1.807) is 30.9 Å². The third kappa shape index (κ3) is 5.66. The molecule has 196 valence electrons. The van der Waals surface area contributed by atoms with Gasteiger partial charge in [0.25, 0.3) is 0 Å². The van der Waals surface area contributed by atoms with Gasteiger partial charge in [-0.15, -0.1) is 0 Å². The molecule has 9 heteroatoms. The van der Waals surface area contributed by atoms with Crippen molar-refractivity contribution in [2.75, 3.05) is 38.2 Å². The van der Waals surface area contributed by atoms with Gasteiger partial charge in [0.15, 0.2) is 0 Å². The molecule has 1 aromatic carbocycles. The fourth-order valence-electron chi connectivity index (χ4n) is 4.71. The number of hydrogen-bond donors (Lipinski definition) is 0. The second kappa shape index (κ2) is 11.4. The lowest BCUT2D eigenvalue weighted by Gasteiger charge is -2.35. The Balaban J connectivity index is 1.34. The average molecular weight is 515 g/mol.